The lowest BCUT2D eigenvalue weighted by atomic mass is 9.90. The number of aromatic carboxylic acids is 1. The second kappa shape index (κ2) is 9.71. The van der Waals surface area contributed by atoms with Gasteiger partial charge in [0.05, 0.1) is 12.7 Å². The number of carboxylic acid groups (broad SMARTS) is 1. The van der Waals surface area contributed by atoms with Gasteiger partial charge in [0.25, 0.3) is 0 Å². The van der Waals surface area contributed by atoms with Gasteiger partial charge in [-0.1, -0.05) is 36.2 Å². The van der Waals surface area contributed by atoms with Crippen molar-refractivity contribution in [3.8, 4) is 5.75 Å². The van der Waals surface area contributed by atoms with Gasteiger partial charge in [0, 0.05) is 53.6 Å². The number of urea groups is 1. The van der Waals surface area contributed by atoms with Crippen molar-refractivity contribution >= 4 is 46.1 Å². The molecule has 9 heteroatoms. The zero-order valence-electron chi connectivity index (χ0n) is 18.3. The summed E-state index contributed by atoms with van der Waals surface area (Å²) in [6, 6.07) is 8.44. The molecule has 3 aromatic rings. The fourth-order valence-electron chi connectivity index (χ4n) is 3.68. The molecular weight excluding hydrogens is 453 g/mol. The molecule has 0 aliphatic carbocycles. The summed E-state index contributed by atoms with van der Waals surface area (Å²) in [5.74, 6) is -0.729. The lowest BCUT2D eigenvalue weighted by Crippen LogP contribution is -2.35. The fraction of sp³-hybridized carbons (Fsp3) is 0.304. The first-order valence-corrected chi connectivity index (χ1v) is 10.8. The number of hydrogen-bond acceptors (Lipinski definition) is 3. The van der Waals surface area contributed by atoms with E-state index in [1.54, 1.807) is 26.2 Å². The van der Waals surface area contributed by atoms with E-state index < -0.39 is 5.97 Å². The molecular formula is C23H25Cl2N3O4. The van der Waals surface area contributed by atoms with Crippen LogP contribution in [0.3, 0.4) is 0 Å². The van der Waals surface area contributed by atoms with Crippen LogP contribution in [0.5, 0.6) is 5.75 Å². The van der Waals surface area contributed by atoms with Crippen LogP contribution in [-0.4, -0.2) is 54.7 Å². The minimum Gasteiger partial charge on any atom is -0.496 e. The van der Waals surface area contributed by atoms with Crippen molar-refractivity contribution in [1.29, 1.82) is 0 Å². The zero-order valence-corrected chi connectivity index (χ0v) is 19.8. The number of aromatic amines is 1. The normalized spacial score (nSPS) is 11.9. The third-order valence-electron chi connectivity index (χ3n) is 5.41. The van der Waals surface area contributed by atoms with Crippen molar-refractivity contribution in [3.05, 3.63) is 62.8 Å². The number of carboxylic acids is 1. The monoisotopic (exact) mass is 477 g/mol. The SMILES string of the molecule is COc1cc(C(=O)O)ccc1C(C)c1c(Cl)[nH]c2cc(Cl)c(CCNC(=O)N(C)C)cc12. The molecule has 3 rings (SSSR count). The van der Waals surface area contributed by atoms with Gasteiger partial charge in [-0.05, 0) is 36.2 Å². The van der Waals surface area contributed by atoms with Crippen LogP contribution < -0.4 is 10.1 Å². The maximum atomic E-state index is 11.8. The van der Waals surface area contributed by atoms with E-state index in [1.165, 1.54) is 18.1 Å². The number of ether oxygens (including phenoxy) is 1. The number of rotatable bonds is 7. The van der Waals surface area contributed by atoms with Crippen LogP contribution in [0, 0.1) is 0 Å². The Morgan fingerprint density at radius 2 is 1.94 bits per heavy atom. The van der Waals surface area contributed by atoms with Gasteiger partial charge in [0.1, 0.15) is 10.9 Å². The molecule has 7 nitrogen and oxygen atoms in total. The lowest BCUT2D eigenvalue weighted by Gasteiger charge is -2.17. The van der Waals surface area contributed by atoms with Crippen LogP contribution in [0.4, 0.5) is 4.79 Å². The number of amides is 2. The first-order chi connectivity index (χ1) is 15.1. The average Bonchev–Trinajstić information content (AvgIpc) is 3.06. The Morgan fingerprint density at radius 3 is 2.56 bits per heavy atom. The molecule has 0 aliphatic heterocycles. The summed E-state index contributed by atoms with van der Waals surface area (Å²) in [5, 5.41) is 14.1. The predicted molar refractivity (Wildman–Crippen MR) is 127 cm³/mol. The first kappa shape index (κ1) is 23.8. The van der Waals surface area contributed by atoms with Crippen LogP contribution in [-0.2, 0) is 6.42 Å². The van der Waals surface area contributed by atoms with E-state index >= 15 is 0 Å². The van der Waals surface area contributed by atoms with Crippen molar-refractivity contribution in [1.82, 2.24) is 15.2 Å². The number of carbonyl (C=O) groups excluding carboxylic acids is 1. The third kappa shape index (κ3) is 4.79. The molecule has 32 heavy (non-hydrogen) atoms. The molecule has 0 saturated carbocycles. The second-order valence-corrected chi connectivity index (χ2v) is 8.49. The van der Waals surface area contributed by atoms with Gasteiger partial charge in [-0.3, -0.25) is 0 Å². The number of nitrogens with one attached hydrogen (secondary N) is 2. The highest BCUT2D eigenvalue weighted by Gasteiger charge is 2.23. The van der Waals surface area contributed by atoms with Crippen LogP contribution in [0.15, 0.2) is 30.3 Å². The summed E-state index contributed by atoms with van der Waals surface area (Å²) in [7, 11) is 4.87. The summed E-state index contributed by atoms with van der Waals surface area (Å²) < 4.78 is 5.46. The highest BCUT2D eigenvalue weighted by atomic mass is 35.5. The summed E-state index contributed by atoms with van der Waals surface area (Å²) in [5.41, 5.74) is 3.50. The predicted octanol–water partition coefficient (Wildman–Crippen LogP) is 5.15. The van der Waals surface area contributed by atoms with Crippen molar-refractivity contribution in [2.45, 2.75) is 19.3 Å². The van der Waals surface area contributed by atoms with E-state index in [1.807, 2.05) is 19.1 Å². The number of halogens is 2. The Balaban J connectivity index is 1.99. The summed E-state index contributed by atoms with van der Waals surface area (Å²) >= 11 is 13.1. The molecule has 2 aromatic carbocycles. The summed E-state index contributed by atoms with van der Waals surface area (Å²) in [6.45, 7) is 2.42. The number of benzene rings is 2. The van der Waals surface area contributed by atoms with E-state index in [0.29, 0.717) is 28.9 Å². The van der Waals surface area contributed by atoms with Gasteiger partial charge in [0.2, 0.25) is 0 Å². The van der Waals surface area contributed by atoms with Gasteiger partial charge in [-0.25, -0.2) is 9.59 Å². The number of carbonyl (C=O) groups is 2. The zero-order chi connectivity index (χ0) is 23.6. The molecule has 0 saturated heterocycles. The Hall–Kier alpha value is -2.90. The topological polar surface area (TPSA) is 94.7 Å². The Bertz CT molecular complexity index is 1170. The standard InChI is InChI=1S/C23H25Cl2N3O4/c1-12(15-6-5-14(22(29)30)10-19(15)32-4)20-16-9-13(7-8-26-23(31)28(2)3)17(24)11-18(16)27-21(20)25/h5-6,9-12,27H,7-8H2,1-4H3,(H,26,31)(H,29,30). The minimum absolute atomic E-state index is 0.150. The number of aromatic nitrogens is 1. The molecule has 0 radical (unpaired) electrons. The molecule has 3 N–H and O–H groups in total. The van der Waals surface area contributed by atoms with Gasteiger partial charge in [0.15, 0.2) is 0 Å². The van der Waals surface area contributed by atoms with Gasteiger partial charge in [-0.15, -0.1) is 0 Å². The first-order valence-electron chi connectivity index (χ1n) is 9.99. The van der Waals surface area contributed by atoms with E-state index in [2.05, 4.69) is 10.3 Å². The number of fused-ring (bicyclic) bond motifs is 1. The largest absolute Gasteiger partial charge is 0.496 e. The molecule has 2 amide bonds. The molecule has 1 atom stereocenters. The summed E-state index contributed by atoms with van der Waals surface area (Å²) in [4.78, 5) is 27.7. The highest BCUT2D eigenvalue weighted by molar-refractivity contribution is 6.33. The minimum atomic E-state index is -1.02. The van der Waals surface area contributed by atoms with Crippen LogP contribution in [0.25, 0.3) is 10.9 Å². The molecule has 1 aromatic heterocycles. The van der Waals surface area contributed by atoms with E-state index in [-0.39, 0.29) is 17.5 Å². The molecule has 0 bridgehead atoms. The smallest absolute Gasteiger partial charge is 0.335 e. The van der Waals surface area contributed by atoms with Gasteiger partial charge >= 0.3 is 12.0 Å². The maximum absolute atomic E-state index is 11.8. The Kier molecular flexibility index (Phi) is 7.21. The van der Waals surface area contributed by atoms with Crippen molar-refractivity contribution in [2.24, 2.45) is 0 Å². The number of hydrogen-bond donors (Lipinski definition) is 3. The highest BCUT2D eigenvalue weighted by Crippen LogP contribution is 2.41. The maximum Gasteiger partial charge on any atom is 0.335 e. The van der Waals surface area contributed by atoms with Gasteiger partial charge in [-0.2, -0.15) is 0 Å². The molecule has 0 spiro atoms. The van der Waals surface area contributed by atoms with E-state index in [4.69, 9.17) is 27.9 Å². The molecule has 170 valence electrons. The molecule has 1 heterocycles. The summed E-state index contributed by atoms with van der Waals surface area (Å²) in [6.07, 6.45) is 0.557. The van der Waals surface area contributed by atoms with Crippen LogP contribution in [0.1, 0.15) is 39.9 Å². The van der Waals surface area contributed by atoms with E-state index in [0.717, 1.165) is 27.6 Å². The number of methoxy groups -OCH3 is 1. The van der Waals surface area contributed by atoms with Crippen molar-refractivity contribution < 1.29 is 19.4 Å². The van der Waals surface area contributed by atoms with Crippen molar-refractivity contribution in [2.75, 3.05) is 27.7 Å². The quantitative estimate of drug-likeness (QED) is 0.438. The molecule has 0 fully saturated rings. The fourth-order valence-corrected chi connectivity index (χ4v) is 4.31. The Morgan fingerprint density at radius 1 is 1.22 bits per heavy atom. The van der Waals surface area contributed by atoms with Crippen LogP contribution >= 0.6 is 23.2 Å². The van der Waals surface area contributed by atoms with Crippen LogP contribution in [0.2, 0.25) is 10.2 Å². The van der Waals surface area contributed by atoms with Gasteiger partial charge < -0.3 is 25.0 Å². The van der Waals surface area contributed by atoms with Crippen molar-refractivity contribution in [3.63, 3.8) is 0 Å². The number of H-pyrrole nitrogens is 1. The second-order valence-electron chi connectivity index (χ2n) is 7.70. The van der Waals surface area contributed by atoms with E-state index in [9.17, 15) is 14.7 Å². The Labute approximate surface area is 196 Å². The average molecular weight is 478 g/mol. The molecule has 1 unspecified atom stereocenters. The number of nitrogens with zero attached hydrogens (tertiary/aromatic N) is 1. The lowest BCUT2D eigenvalue weighted by molar-refractivity contribution is 0.0696. The third-order valence-corrected chi connectivity index (χ3v) is 6.06. The molecule has 0 aliphatic rings.